The van der Waals surface area contributed by atoms with Crippen molar-refractivity contribution < 1.29 is 0 Å². The van der Waals surface area contributed by atoms with Gasteiger partial charge in [-0.25, -0.2) is 0 Å². The largest absolute Gasteiger partial charge is 0.354 e. The molecule has 0 aliphatic heterocycles. The summed E-state index contributed by atoms with van der Waals surface area (Å²) in [5.74, 6) is 0. The van der Waals surface area contributed by atoms with Crippen LogP contribution in [-0.4, -0.2) is 0 Å². The Kier molecular flexibility index (Phi) is 3.70. The van der Waals surface area contributed by atoms with Crippen LogP contribution in [0.25, 0.3) is 0 Å². The van der Waals surface area contributed by atoms with E-state index in [1.54, 1.807) is 0 Å². The summed E-state index contributed by atoms with van der Waals surface area (Å²) < 4.78 is 0. The van der Waals surface area contributed by atoms with Crippen molar-refractivity contribution in [2.24, 2.45) is 0 Å². The molecule has 17 heavy (non-hydrogen) atoms. The van der Waals surface area contributed by atoms with E-state index < -0.39 is 0 Å². The average Bonchev–Trinajstić information content (AvgIpc) is 2.33. The van der Waals surface area contributed by atoms with Crippen LogP contribution in [0.3, 0.4) is 0 Å². The first-order chi connectivity index (χ1) is 8.19. The van der Waals surface area contributed by atoms with Crippen molar-refractivity contribution in [2.45, 2.75) is 20.3 Å². The lowest BCUT2D eigenvalue weighted by Crippen LogP contribution is -1.92. The molecule has 2 aromatic rings. The molecule has 0 saturated heterocycles. The summed E-state index contributed by atoms with van der Waals surface area (Å²) in [6, 6.07) is 14.4. The predicted molar refractivity (Wildman–Crippen MR) is 75.3 cm³/mol. The molecule has 0 unspecified atom stereocenters. The van der Waals surface area contributed by atoms with Gasteiger partial charge in [-0.1, -0.05) is 36.7 Å². The molecule has 1 nitrogen and oxygen atoms in total. The Bertz CT molecular complexity index is 520. The fraction of sp³-hybridized carbons (Fsp3) is 0.200. The molecule has 0 atom stereocenters. The number of halogens is 1. The van der Waals surface area contributed by atoms with E-state index in [4.69, 9.17) is 11.6 Å². The quantitative estimate of drug-likeness (QED) is 0.806. The molecular weight excluding hydrogens is 230 g/mol. The van der Waals surface area contributed by atoms with E-state index in [2.05, 4.69) is 42.6 Å². The molecule has 0 bridgehead atoms. The lowest BCUT2D eigenvalue weighted by atomic mass is 10.1. The van der Waals surface area contributed by atoms with E-state index in [1.807, 2.05) is 19.1 Å². The van der Waals surface area contributed by atoms with E-state index in [0.717, 1.165) is 22.8 Å². The lowest BCUT2D eigenvalue weighted by molar-refractivity contribution is 1.14. The van der Waals surface area contributed by atoms with Crippen molar-refractivity contribution in [1.82, 2.24) is 0 Å². The van der Waals surface area contributed by atoms with Crippen LogP contribution in [0.15, 0.2) is 42.5 Å². The van der Waals surface area contributed by atoms with Crippen LogP contribution in [0.4, 0.5) is 11.4 Å². The molecule has 0 fully saturated rings. The maximum absolute atomic E-state index is 6.19. The van der Waals surface area contributed by atoms with Gasteiger partial charge in [-0.05, 0) is 48.7 Å². The van der Waals surface area contributed by atoms with Gasteiger partial charge in [-0.2, -0.15) is 0 Å². The van der Waals surface area contributed by atoms with Gasteiger partial charge < -0.3 is 5.32 Å². The minimum atomic E-state index is 0.756. The molecule has 2 heteroatoms. The first kappa shape index (κ1) is 12.0. The first-order valence-electron chi connectivity index (χ1n) is 5.81. The highest BCUT2D eigenvalue weighted by atomic mass is 35.5. The molecule has 0 amide bonds. The molecule has 0 radical (unpaired) electrons. The summed E-state index contributed by atoms with van der Waals surface area (Å²) >= 11 is 6.19. The van der Waals surface area contributed by atoms with E-state index in [-0.39, 0.29) is 0 Å². The third-order valence-corrected chi connectivity index (χ3v) is 3.05. The summed E-state index contributed by atoms with van der Waals surface area (Å²) in [7, 11) is 0. The summed E-state index contributed by atoms with van der Waals surface area (Å²) in [5, 5.41) is 4.10. The zero-order valence-electron chi connectivity index (χ0n) is 10.1. The molecular formula is C15H16ClN. The van der Waals surface area contributed by atoms with E-state index in [0.29, 0.717) is 0 Å². The van der Waals surface area contributed by atoms with Gasteiger partial charge in [-0.3, -0.25) is 0 Å². The normalized spacial score (nSPS) is 10.3. The van der Waals surface area contributed by atoms with E-state index in [1.165, 1.54) is 11.1 Å². The molecule has 0 aliphatic carbocycles. The number of hydrogen-bond acceptors (Lipinski definition) is 1. The molecule has 0 saturated carbocycles. The Morgan fingerprint density at radius 2 is 1.94 bits per heavy atom. The predicted octanol–water partition coefficient (Wildman–Crippen LogP) is 4.95. The Balaban J connectivity index is 2.25. The highest BCUT2D eigenvalue weighted by molar-refractivity contribution is 6.33. The molecule has 88 valence electrons. The number of aryl methyl sites for hydroxylation is 2. The summed E-state index contributed by atoms with van der Waals surface area (Å²) in [6.07, 6.45) is 1.04. The molecule has 0 spiro atoms. The van der Waals surface area contributed by atoms with Gasteiger partial charge in [0.25, 0.3) is 0 Å². The van der Waals surface area contributed by atoms with Gasteiger partial charge in [0.05, 0.1) is 10.7 Å². The first-order valence-corrected chi connectivity index (χ1v) is 6.19. The van der Waals surface area contributed by atoms with Gasteiger partial charge in [0.15, 0.2) is 0 Å². The van der Waals surface area contributed by atoms with E-state index in [9.17, 15) is 0 Å². The third kappa shape index (κ3) is 3.01. The molecule has 0 heterocycles. The zero-order chi connectivity index (χ0) is 12.3. The summed E-state index contributed by atoms with van der Waals surface area (Å²) in [5.41, 5.74) is 4.52. The molecule has 2 rings (SSSR count). The third-order valence-electron chi connectivity index (χ3n) is 2.74. The van der Waals surface area contributed by atoms with Crippen molar-refractivity contribution in [3.8, 4) is 0 Å². The van der Waals surface area contributed by atoms with Crippen LogP contribution in [0.2, 0.25) is 5.02 Å². The summed E-state index contributed by atoms with van der Waals surface area (Å²) in [4.78, 5) is 0. The van der Waals surface area contributed by atoms with Crippen LogP contribution in [0.1, 0.15) is 18.1 Å². The zero-order valence-corrected chi connectivity index (χ0v) is 10.9. The van der Waals surface area contributed by atoms with Crippen LogP contribution in [0, 0.1) is 6.92 Å². The smallest absolute Gasteiger partial charge is 0.0643 e. The second-order valence-corrected chi connectivity index (χ2v) is 4.57. The molecule has 2 aromatic carbocycles. The Morgan fingerprint density at radius 3 is 2.65 bits per heavy atom. The van der Waals surface area contributed by atoms with Gasteiger partial charge in [0.2, 0.25) is 0 Å². The number of benzene rings is 2. The second-order valence-electron chi connectivity index (χ2n) is 4.16. The second kappa shape index (κ2) is 5.24. The summed E-state index contributed by atoms with van der Waals surface area (Å²) in [6.45, 7) is 4.19. The van der Waals surface area contributed by atoms with Crippen molar-refractivity contribution in [3.63, 3.8) is 0 Å². The average molecular weight is 246 g/mol. The fourth-order valence-electron chi connectivity index (χ4n) is 1.75. The fourth-order valence-corrected chi connectivity index (χ4v) is 2.03. The van der Waals surface area contributed by atoms with Gasteiger partial charge in [0.1, 0.15) is 0 Å². The van der Waals surface area contributed by atoms with Gasteiger partial charge in [-0.15, -0.1) is 0 Å². The Hall–Kier alpha value is -1.47. The number of rotatable bonds is 3. The minimum absolute atomic E-state index is 0.756. The highest BCUT2D eigenvalue weighted by Crippen LogP contribution is 2.26. The van der Waals surface area contributed by atoms with Gasteiger partial charge in [0, 0.05) is 5.69 Å². The molecule has 1 N–H and O–H groups in total. The van der Waals surface area contributed by atoms with Crippen LogP contribution < -0.4 is 5.32 Å². The standard InChI is InChI=1S/C15H16ClN/c1-3-12-5-4-6-13(10-12)17-15-8-7-11(2)9-14(15)16/h4-10,17H,3H2,1-2H3. The topological polar surface area (TPSA) is 12.0 Å². The van der Waals surface area contributed by atoms with Crippen molar-refractivity contribution >= 4 is 23.0 Å². The maximum atomic E-state index is 6.19. The van der Waals surface area contributed by atoms with Crippen molar-refractivity contribution in [1.29, 1.82) is 0 Å². The van der Waals surface area contributed by atoms with Crippen molar-refractivity contribution in [3.05, 3.63) is 58.6 Å². The number of anilines is 2. The van der Waals surface area contributed by atoms with Crippen LogP contribution in [0.5, 0.6) is 0 Å². The monoisotopic (exact) mass is 245 g/mol. The maximum Gasteiger partial charge on any atom is 0.0643 e. The minimum Gasteiger partial charge on any atom is -0.354 e. The molecule has 0 aliphatic rings. The SMILES string of the molecule is CCc1cccc(Nc2ccc(C)cc2Cl)c1. The Morgan fingerprint density at radius 1 is 1.12 bits per heavy atom. The lowest BCUT2D eigenvalue weighted by Gasteiger charge is -2.10. The highest BCUT2D eigenvalue weighted by Gasteiger charge is 2.01. The number of nitrogens with one attached hydrogen (secondary N) is 1. The Labute approximate surface area is 107 Å². The number of hydrogen-bond donors (Lipinski definition) is 1. The van der Waals surface area contributed by atoms with Gasteiger partial charge >= 0.3 is 0 Å². The van der Waals surface area contributed by atoms with Crippen LogP contribution in [-0.2, 0) is 6.42 Å². The van der Waals surface area contributed by atoms with Crippen LogP contribution >= 0.6 is 11.6 Å². The molecule has 0 aromatic heterocycles. The van der Waals surface area contributed by atoms with E-state index >= 15 is 0 Å². The van der Waals surface area contributed by atoms with Crippen molar-refractivity contribution in [2.75, 3.05) is 5.32 Å².